The molecule has 0 fully saturated rings. The molecule has 0 heterocycles. The fourth-order valence-electron chi connectivity index (χ4n) is 1.36. The molecule has 13 heavy (non-hydrogen) atoms. The Hall–Kier alpha value is -0.370. The zero-order chi connectivity index (χ0) is 10.2. The maximum atomic E-state index is 13.7. The van der Waals surface area contributed by atoms with Gasteiger partial charge in [0, 0.05) is 6.42 Å². The van der Waals surface area contributed by atoms with E-state index in [1.807, 2.05) is 13.8 Å². The normalized spacial score (nSPS) is 29.6. The summed E-state index contributed by atoms with van der Waals surface area (Å²) < 4.78 is 26.8. The first-order chi connectivity index (χ1) is 5.84. The first-order valence-corrected chi connectivity index (χ1v) is 4.67. The maximum absolute atomic E-state index is 13.7. The minimum Gasteiger partial charge on any atom is -0.238 e. The Morgan fingerprint density at radius 1 is 1.54 bits per heavy atom. The average Bonchev–Trinajstić information content (AvgIpc) is 1.99. The van der Waals surface area contributed by atoms with Crippen molar-refractivity contribution in [3.63, 3.8) is 0 Å². The molecule has 0 aliphatic heterocycles. The van der Waals surface area contributed by atoms with Gasteiger partial charge in [0.1, 0.15) is 11.5 Å². The molecule has 1 aliphatic carbocycles. The van der Waals surface area contributed by atoms with Crippen LogP contribution in [-0.2, 0) is 0 Å². The van der Waals surface area contributed by atoms with Gasteiger partial charge in [0.05, 0.1) is 5.03 Å². The van der Waals surface area contributed by atoms with E-state index in [1.165, 1.54) is 13.0 Å². The van der Waals surface area contributed by atoms with Crippen molar-refractivity contribution in [3.05, 3.63) is 22.5 Å². The van der Waals surface area contributed by atoms with Gasteiger partial charge < -0.3 is 0 Å². The van der Waals surface area contributed by atoms with E-state index in [9.17, 15) is 8.78 Å². The average molecular weight is 207 g/mol. The first kappa shape index (κ1) is 10.7. The third-order valence-corrected chi connectivity index (χ3v) is 2.83. The van der Waals surface area contributed by atoms with Crippen LogP contribution in [0.15, 0.2) is 22.5 Å². The Kier molecular flexibility index (Phi) is 2.81. The monoisotopic (exact) mass is 206 g/mol. The van der Waals surface area contributed by atoms with E-state index < -0.39 is 11.5 Å². The van der Waals surface area contributed by atoms with Gasteiger partial charge in [-0.15, -0.1) is 0 Å². The number of hydrogen-bond donors (Lipinski definition) is 0. The van der Waals surface area contributed by atoms with E-state index in [4.69, 9.17) is 11.6 Å². The highest BCUT2D eigenvalue weighted by molar-refractivity contribution is 6.31. The van der Waals surface area contributed by atoms with Crippen molar-refractivity contribution in [1.29, 1.82) is 0 Å². The molecule has 0 amide bonds. The topological polar surface area (TPSA) is 0 Å². The summed E-state index contributed by atoms with van der Waals surface area (Å²) in [6.45, 7) is 5.13. The third-order valence-electron chi connectivity index (χ3n) is 2.26. The second-order valence-corrected chi connectivity index (χ2v) is 4.29. The smallest absolute Gasteiger partial charge is 0.150 e. The van der Waals surface area contributed by atoms with Crippen molar-refractivity contribution in [2.75, 3.05) is 0 Å². The van der Waals surface area contributed by atoms with Crippen molar-refractivity contribution in [1.82, 2.24) is 0 Å². The van der Waals surface area contributed by atoms with Crippen molar-refractivity contribution < 1.29 is 8.78 Å². The maximum Gasteiger partial charge on any atom is 0.150 e. The second kappa shape index (κ2) is 3.41. The van der Waals surface area contributed by atoms with Gasteiger partial charge in [-0.3, -0.25) is 0 Å². The molecule has 0 saturated heterocycles. The molecule has 0 nitrogen and oxygen atoms in total. The van der Waals surface area contributed by atoms with Crippen LogP contribution < -0.4 is 0 Å². The molecule has 1 rings (SSSR count). The first-order valence-electron chi connectivity index (χ1n) is 4.29. The molecule has 1 atom stereocenters. The van der Waals surface area contributed by atoms with E-state index in [0.717, 1.165) is 5.57 Å². The van der Waals surface area contributed by atoms with Crippen LogP contribution in [0.1, 0.15) is 27.2 Å². The fraction of sp³-hybridized carbons (Fsp3) is 0.600. The van der Waals surface area contributed by atoms with Crippen LogP contribution in [0, 0.1) is 5.92 Å². The van der Waals surface area contributed by atoms with Crippen LogP contribution in [0.5, 0.6) is 0 Å². The molecular weight excluding hydrogens is 194 g/mol. The van der Waals surface area contributed by atoms with Crippen LogP contribution in [0.25, 0.3) is 0 Å². The van der Waals surface area contributed by atoms with Crippen molar-refractivity contribution in [2.24, 2.45) is 5.92 Å². The van der Waals surface area contributed by atoms with Crippen LogP contribution >= 0.6 is 11.6 Å². The van der Waals surface area contributed by atoms with Crippen molar-refractivity contribution in [2.45, 2.75) is 32.9 Å². The Morgan fingerprint density at radius 3 is 2.46 bits per heavy atom. The molecule has 0 N–H and O–H groups in total. The summed E-state index contributed by atoms with van der Waals surface area (Å²) in [5.41, 5.74) is -0.966. The lowest BCUT2D eigenvalue weighted by atomic mass is 9.86. The van der Waals surface area contributed by atoms with Gasteiger partial charge >= 0.3 is 0 Å². The molecule has 0 aromatic heterocycles. The highest BCUT2D eigenvalue weighted by atomic mass is 35.5. The predicted octanol–water partition coefficient (Wildman–Crippen LogP) is 4.12. The molecular formula is C10H13ClF2. The highest BCUT2D eigenvalue weighted by Gasteiger charge is 2.35. The summed E-state index contributed by atoms with van der Waals surface area (Å²) in [5, 5.41) is -0.308. The Bertz CT molecular complexity index is 275. The fourth-order valence-corrected chi connectivity index (χ4v) is 1.48. The molecule has 0 aromatic carbocycles. The van der Waals surface area contributed by atoms with E-state index >= 15 is 0 Å². The van der Waals surface area contributed by atoms with Crippen LogP contribution in [-0.4, -0.2) is 5.67 Å². The highest BCUT2D eigenvalue weighted by Crippen LogP contribution is 2.40. The zero-order valence-electron chi connectivity index (χ0n) is 8.00. The summed E-state index contributed by atoms with van der Waals surface area (Å²) in [5.74, 6) is -0.479. The lowest BCUT2D eigenvalue weighted by Crippen LogP contribution is -2.24. The summed E-state index contributed by atoms with van der Waals surface area (Å²) in [6, 6.07) is 0. The second-order valence-electron chi connectivity index (χ2n) is 3.91. The molecule has 0 aromatic rings. The summed E-state index contributed by atoms with van der Waals surface area (Å²) in [7, 11) is 0. The van der Waals surface area contributed by atoms with Gasteiger partial charge in [0.2, 0.25) is 0 Å². The van der Waals surface area contributed by atoms with Crippen molar-refractivity contribution in [3.8, 4) is 0 Å². The van der Waals surface area contributed by atoms with E-state index in [-0.39, 0.29) is 17.4 Å². The quantitative estimate of drug-likeness (QED) is 0.606. The lowest BCUT2D eigenvalue weighted by molar-refractivity contribution is 0.236. The third kappa shape index (κ3) is 2.11. The van der Waals surface area contributed by atoms with Crippen LogP contribution in [0.2, 0.25) is 0 Å². The number of halogens is 3. The lowest BCUT2D eigenvalue weighted by Gasteiger charge is -2.27. The minimum atomic E-state index is -1.74. The van der Waals surface area contributed by atoms with Gasteiger partial charge in [-0.25, -0.2) is 8.78 Å². The van der Waals surface area contributed by atoms with Crippen LogP contribution in [0.4, 0.5) is 8.78 Å². The Labute approximate surface area is 82.3 Å². The standard InChI is InChI=1S/C10H13ClF2/c1-6(2)7-4-8(12)9(11)10(3,13)5-7/h4,6H,5H2,1-3H3. The molecule has 0 bridgehead atoms. The SMILES string of the molecule is CC(C)C1=CC(F)=C(Cl)C(C)(F)C1. The summed E-state index contributed by atoms with van der Waals surface area (Å²) >= 11 is 5.51. The molecule has 0 radical (unpaired) electrons. The molecule has 74 valence electrons. The van der Waals surface area contributed by atoms with E-state index in [0.29, 0.717) is 0 Å². The largest absolute Gasteiger partial charge is 0.238 e. The van der Waals surface area contributed by atoms with Crippen LogP contribution in [0.3, 0.4) is 0 Å². The van der Waals surface area contributed by atoms with Gasteiger partial charge in [0.25, 0.3) is 0 Å². The summed E-state index contributed by atoms with van der Waals surface area (Å²) in [4.78, 5) is 0. The Balaban J connectivity index is 3.05. The van der Waals surface area contributed by atoms with Gasteiger partial charge in [-0.05, 0) is 18.9 Å². The molecule has 3 heteroatoms. The Morgan fingerprint density at radius 2 is 2.08 bits per heavy atom. The minimum absolute atomic E-state index is 0.158. The van der Waals surface area contributed by atoms with E-state index in [1.54, 1.807) is 0 Å². The number of rotatable bonds is 1. The molecule has 0 saturated carbocycles. The number of allylic oxidation sites excluding steroid dienone is 4. The molecule has 0 spiro atoms. The number of hydrogen-bond acceptors (Lipinski definition) is 0. The van der Waals surface area contributed by atoms with E-state index in [2.05, 4.69) is 0 Å². The predicted molar refractivity (Wildman–Crippen MR) is 51.0 cm³/mol. The molecule has 1 unspecified atom stereocenters. The van der Waals surface area contributed by atoms with Crippen molar-refractivity contribution >= 4 is 11.6 Å². The van der Waals surface area contributed by atoms with Gasteiger partial charge in [-0.2, -0.15) is 0 Å². The number of alkyl halides is 1. The van der Waals surface area contributed by atoms with Gasteiger partial charge in [-0.1, -0.05) is 31.0 Å². The zero-order valence-corrected chi connectivity index (χ0v) is 8.75. The van der Waals surface area contributed by atoms with Gasteiger partial charge in [0.15, 0.2) is 0 Å². The molecule has 1 aliphatic rings. The summed E-state index contributed by atoms with van der Waals surface area (Å²) in [6.07, 6.45) is 1.53.